The predicted octanol–water partition coefficient (Wildman–Crippen LogP) is 7.73. The Hall–Kier alpha value is -1.47. The molecule has 2 aliphatic heterocycles. The van der Waals surface area contributed by atoms with Gasteiger partial charge in [0.2, 0.25) is 5.91 Å². The molecular weight excluding hydrogens is 725 g/mol. The Kier molecular flexibility index (Phi) is 16.4. The van der Waals surface area contributed by atoms with Crippen LogP contribution in [0.1, 0.15) is 90.7 Å². The number of hydrogen-bond donors (Lipinski definition) is 2. The lowest BCUT2D eigenvalue weighted by Gasteiger charge is -2.28. The quantitative estimate of drug-likeness (QED) is 0.117. The maximum atomic E-state index is 12.8. The first-order valence-electron chi connectivity index (χ1n) is 18.0. The molecule has 2 aromatic rings. The summed E-state index contributed by atoms with van der Waals surface area (Å²) >= 11 is 20.5. The fraction of sp³-hybridized carbons (Fsp3) is 0.676. The summed E-state index contributed by atoms with van der Waals surface area (Å²) in [5.41, 5.74) is 1.05. The first-order chi connectivity index (χ1) is 24.2. The van der Waals surface area contributed by atoms with Gasteiger partial charge in [0.1, 0.15) is 11.5 Å². The Morgan fingerprint density at radius 3 is 2.24 bits per heavy atom. The van der Waals surface area contributed by atoms with Crippen molar-refractivity contribution < 1.29 is 38.4 Å². The van der Waals surface area contributed by atoms with E-state index in [0.717, 1.165) is 81.1 Å². The minimum absolute atomic E-state index is 0.0265. The first kappa shape index (κ1) is 39.7. The second-order valence-corrected chi connectivity index (χ2v) is 16.1. The number of rotatable bonds is 18. The molecule has 1 aliphatic carbocycles. The van der Waals surface area contributed by atoms with Crippen molar-refractivity contribution in [1.82, 2.24) is 5.32 Å². The van der Waals surface area contributed by atoms with Crippen LogP contribution in [0.2, 0.25) is 10.0 Å². The van der Waals surface area contributed by atoms with Gasteiger partial charge < -0.3 is 34.1 Å². The largest absolute Gasteiger partial charge is 0.461 e. The van der Waals surface area contributed by atoms with E-state index in [-0.39, 0.29) is 68.0 Å². The van der Waals surface area contributed by atoms with Crippen LogP contribution in [0, 0.1) is 11.8 Å². The zero-order valence-corrected chi connectivity index (χ0v) is 31.6. The van der Waals surface area contributed by atoms with E-state index < -0.39 is 12.1 Å². The summed E-state index contributed by atoms with van der Waals surface area (Å²) in [5, 5.41) is 14.9. The third-order valence-electron chi connectivity index (χ3n) is 9.66. The van der Waals surface area contributed by atoms with Crippen molar-refractivity contribution >= 4 is 58.0 Å². The summed E-state index contributed by atoms with van der Waals surface area (Å²) in [4.78, 5) is 27.2. The van der Waals surface area contributed by atoms with Gasteiger partial charge in [-0.1, -0.05) is 23.2 Å². The number of amides is 1. The van der Waals surface area contributed by atoms with Gasteiger partial charge in [0.15, 0.2) is 12.6 Å². The molecule has 9 nitrogen and oxygen atoms in total. The number of hydrogen-bond acceptors (Lipinski definition) is 9. The highest BCUT2D eigenvalue weighted by Crippen LogP contribution is 2.42. The molecule has 13 heteroatoms. The van der Waals surface area contributed by atoms with Crippen LogP contribution in [0.4, 0.5) is 0 Å². The van der Waals surface area contributed by atoms with Gasteiger partial charge in [-0.3, -0.25) is 4.79 Å². The maximum absolute atomic E-state index is 12.8. The number of aliphatic hydroxyl groups excluding tert-OH is 1. The lowest BCUT2D eigenvalue weighted by atomic mass is 9.85. The van der Waals surface area contributed by atoms with E-state index in [1.807, 2.05) is 18.2 Å². The topological polar surface area (TPSA) is 113 Å². The minimum atomic E-state index is -0.443. The van der Waals surface area contributed by atoms with E-state index in [4.69, 9.17) is 58.5 Å². The third kappa shape index (κ3) is 12.9. The molecule has 3 fully saturated rings. The second-order valence-electron chi connectivity index (χ2n) is 13.5. The average Bonchev–Trinajstić information content (AvgIpc) is 3.68. The standard InChI is InChI=1S/C37H50Cl3NO8S/c38-25-18-24(19-26(39)20-25)10-12-30-29(31(40)21-32(30)42)7-5-6-28-11-13-33(50-28)37(44)47-17-14-34(43)41-27(22-48-35-8-1-3-15-45-35)23-49-36-9-2-4-16-46-36/h11,13,18-20,27,29-32,35-36,42H,1-10,12,14-17,21-23H2,(H,41,43)/t27?,29-,30-,31-,32-,35?,36?/m1/s1. The van der Waals surface area contributed by atoms with E-state index in [0.29, 0.717) is 34.6 Å². The molecule has 2 saturated heterocycles. The normalized spacial score (nSPS) is 26.1. The Morgan fingerprint density at radius 2 is 1.60 bits per heavy atom. The lowest BCUT2D eigenvalue weighted by molar-refractivity contribution is -0.185. The summed E-state index contributed by atoms with van der Waals surface area (Å²) < 4.78 is 28.7. The van der Waals surface area contributed by atoms with Crippen LogP contribution in [0.15, 0.2) is 30.3 Å². The zero-order chi connectivity index (χ0) is 35.3. The Labute approximate surface area is 314 Å². The molecule has 3 heterocycles. The number of benzene rings is 1. The molecule has 2 N–H and O–H groups in total. The SMILES string of the molecule is O=C(CCOC(=O)c1ccc(CCC[C@@H]2[C@@H](CCc3cc(Cl)cc(Cl)c3)[C@H](O)C[C@H]2Cl)s1)NC(COC1CCCCO1)COC1CCCCO1. The van der Waals surface area contributed by atoms with Crippen molar-refractivity contribution in [3.8, 4) is 0 Å². The number of carbonyl (C=O) groups is 2. The maximum Gasteiger partial charge on any atom is 0.348 e. The molecule has 0 radical (unpaired) electrons. The van der Waals surface area contributed by atoms with Gasteiger partial charge in [0, 0.05) is 33.5 Å². The smallest absolute Gasteiger partial charge is 0.348 e. The number of esters is 1. The van der Waals surface area contributed by atoms with Crippen molar-refractivity contribution in [2.45, 2.75) is 114 Å². The van der Waals surface area contributed by atoms with Gasteiger partial charge in [-0.05, 0) is 125 Å². The number of thiophene rings is 1. The fourth-order valence-corrected chi connectivity index (χ4v) is 9.04. The average molecular weight is 775 g/mol. The van der Waals surface area contributed by atoms with Gasteiger partial charge in [-0.25, -0.2) is 4.79 Å². The summed E-state index contributed by atoms with van der Waals surface area (Å²) in [6.45, 7) is 1.83. The number of ether oxygens (including phenoxy) is 5. The third-order valence-corrected chi connectivity index (χ3v) is 11.7. The Bertz CT molecular complexity index is 1310. The Morgan fingerprint density at radius 1 is 0.920 bits per heavy atom. The van der Waals surface area contributed by atoms with Crippen molar-refractivity contribution in [1.29, 1.82) is 0 Å². The van der Waals surface area contributed by atoms with Crippen LogP contribution < -0.4 is 5.32 Å². The van der Waals surface area contributed by atoms with Crippen LogP contribution in [-0.4, -0.2) is 80.1 Å². The molecule has 3 aliphatic rings. The number of aryl methyl sites for hydroxylation is 2. The van der Waals surface area contributed by atoms with Gasteiger partial charge in [0.25, 0.3) is 0 Å². The van der Waals surface area contributed by atoms with Gasteiger partial charge in [-0.15, -0.1) is 22.9 Å². The zero-order valence-electron chi connectivity index (χ0n) is 28.5. The van der Waals surface area contributed by atoms with E-state index >= 15 is 0 Å². The molecule has 1 saturated carbocycles. The van der Waals surface area contributed by atoms with Crippen molar-refractivity contribution in [3.05, 3.63) is 55.7 Å². The summed E-state index contributed by atoms with van der Waals surface area (Å²) in [5.74, 6) is -0.383. The number of halogens is 3. The fourth-order valence-electron chi connectivity index (χ4n) is 7.03. The molecule has 278 valence electrons. The highest BCUT2D eigenvalue weighted by Gasteiger charge is 2.40. The van der Waals surface area contributed by atoms with Crippen LogP contribution in [0.3, 0.4) is 0 Å². The highest BCUT2D eigenvalue weighted by atomic mass is 35.5. The first-order valence-corrected chi connectivity index (χ1v) is 20.0. The summed E-state index contributed by atoms with van der Waals surface area (Å²) in [7, 11) is 0. The van der Waals surface area contributed by atoms with E-state index in [2.05, 4.69) is 5.32 Å². The van der Waals surface area contributed by atoms with Crippen LogP contribution in [0.5, 0.6) is 0 Å². The minimum Gasteiger partial charge on any atom is -0.461 e. The van der Waals surface area contributed by atoms with Gasteiger partial charge in [0.05, 0.1) is 31.8 Å². The molecule has 1 aromatic heterocycles. The number of alkyl halides is 1. The Balaban J connectivity index is 1.02. The molecule has 0 spiro atoms. The molecule has 2 unspecified atom stereocenters. The second kappa shape index (κ2) is 20.7. The number of carbonyl (C=O) groups excluding carboxylic acids is 2. The van der Waals surface area contributed by atoms with Crippen LogP contribution >= 0.6 is 46.1 Å². The highest BCUT2D eigenvalue weighted by molar-refractivity contribution is 7.13. The van der Waals surface area contributed by atoms with E-state index in [1.54, 1.807) is 12.1 Å². The molecular formula is C37H50Cl3NO8S. The van der Waals surface area contributed by atoms with Gasteiger partial charge in [-0.2, -0.15) is 0 Å². The van der Waals surface area contributed by atoms with Crippen LogP contribution in [-0.2, 0) is 41.3 Å². The molecule has 5 rings (SSSR count). The molecule has 50 heavy (non-hydrogen) atoms. The van der Waals surface area contributed by atoms with Gasteiger partial charge >= 0.3 is 5.97 Å². The van der Waals surface area contributed by atoms with Crippen molar-refractivity contribution in [3.63, 3.8) is 0 Å². The van der Waals surface area contributed by atoms with E-state index in [9.17, 15) is 14.7 Å². The summed E-state index contributed by atoms with van der Waals surface area (Å²) in [6.07, 6.45) is 9.61. The van der Waals surface area contributed by atoms with Crippen molar-refractivity contribution in [2.24, 2.45) is 11.8 Å². The predicted molar refractivity (Wildman–Crippen MR) is 195 cm³/mol. The number of aliphatic hydroxyl groups is 1. The van der Waals surface area contributed by atoms with Crippen LogP contribution in [0.25, 0.3) is 0 Å². The van der Waals surface area contributed by atoms with Crippen molar-refractivity contribution in [2.75, 3.05) is 33.0 Å². The molecule has 6 atom stereocenters. The molecule has 1 aromatic carbocycles. The summed E-state index contributed by atoms with van der Waals surface area (Å²) in [6, 6.07) is 8.90. The molecule has 1 amide bonds. The monoisotopic (exact) mass is 773 g/mol. The lowest BCUT2D eigenvalue weighted by Crippen LogP contribution is -2.44. The van der Waals surface area contributed by atoms with E-state index in [1.165, 1.54) is 11.3 Å². The molecule has 0 bridgehead atoms. The number of nitrogens with one attached hydrogen (secondary N) is 1.